The van der Waals surface area contributed by atoms with Crippen molar-refractivity contribution in [3.63, 3.8) is 0 Å². The minimum Gasteiger partial charge on any atom is -0.489 e. The lowest BCUT2D eigenvalue weighted by Gasteiger charge is -2.08. The van der Waals surface area contributed by atoms with Gasteiger partial charge >= 0.3 is 0 Å². The number of halogens is 1. The molecule has 0 atom stereocenters. The van der Waals surface area contributed by atoms with E-state index in [1.807, 2.05) is 36.6 Å². The van der Waals surface area contributed by atoms with Crippen LogP contribution in [0.5, 0.6) is 5.75 Å². The van der Waals surface area contributed by atoms with Crippen molar-refractivity contribution in [1.29, 1.82) is 0 Å². The van der Waals surface area contributed by atoms with E-state index in [-0.39, 0.29) is 5.82 Å². The van der Waals surface area contributed by atoms with Gasteiger partial charge in [0.05, 0.1) is 11.9 Å². The summed E-state index contributed by atoms with van der Waals surface area (Å²) in [4.78, 5) is 4.28. The molecule has 122 valence electrons. The van der Waals surface area contributed by atoms with Gasteiger partial charge in [-0.1, -0.05) is 30.3 Å². The lowest BCUT2D eigenvalue weighted by atomic mass is 10.1. The lowest BCUT2D eigenvalue weighted by Crippen LogP contribution is -2.00. The van der Waals surface area contributed by atoms with Crippen LogP contribution in [0.4, 0.5) is 9.52 Å². The van der Waals surface area contributed by atoms with Gasteiger partial charge in [-0.2, -0.15) is 5.10 Å². The summed E-state index contributed by atoms with van der Waals surface area (Å²) in [6.07, 6.45) is 1.72. The standard InChI is InChI=1S/C18H16FN3OS/c1-13-12-24-18(21-13)22-20-10-14-5-2-3-6-15(14)11-23-17-8-4-7-16(19)9-17/h2-10,12H,11H2,1H3,(H,21,22). The first-order valence-corrected chi connectivity index (χ1v) is 8.26. The molecule has 0 aliphatic heterocycles. The van der Waals surface area contributed by atoms with Gasteiger partial charge < -0.3 is 4.74 Å². The maximum Gasteiger partial charge on any atom is 0.203 e. The van der Waals surface area contributed by atoms with Crippen LogP contribution in [-0.2, 0) is 6.61 Å². The summed E-state index contributed by atoms with van der Waals surface area (Å²) in [7, 11) is 0. The Hall–Kier alpha value is -2.73. The van der Waals surface area contributed by atoms with Crippen LogP contribution >= 0.6 is 11.3 Å². The molecule has 1 aromatic heterocycles. The van der Waals surface area contributed by atoms with Crippen molar-refractivity contribution in [2.45, 2.75) is 13.5 Å². The molecule has 0 radical (unpaired) electrons. The first-order chi connectivity index (χ1) is 11.7. The van der Waals surface area contributed by atoms with E-state index in [1.165, 1.54) is 23.5 Å². The van der Waals surface area contributed by atoms with Crippen molar-refractivity contribution in [1.82, 2.24) is 4.98 Å². The summed E-state index contributed by atoms with van der Waals surface area (Å²) in [5.74, 6) is 0.184. The molecule has 1 heterocycles. The highest BCUT2D eigenvalue weighted by Gasteiger charge is 2.02. The van der Waals surface area contributed by atoms with Crippen LogP contribution in [0.1, 0.15) is 16.8 Å². The number of thiazole rings is 1. The predicted molar refractivity (Wildman–Crippen MR) is 95.2 cm³/mol. The van der Waals surface area contributed by atoms with Gasteiger partial charge in [0.25, 0.3) is 0 Å². The third kappa shape index (κ3) is 4.39. The Labute approximate surface area is 143 Å². The van der Waals surface area contributed by atoms with E-state index in [0.29, 0.717) is 12.4 Å². The molecule has 4 nitrogen and oxygen atoms in total. The number of hydrazone groups is 1. The van der Waals surface area contributed by atoms with Crippen molar-refractivity contribution < 1.29 is 9.13 Å². The van der Waals surface area contributed by atoms with Gasteiger partial charge in [-0.05, 0) is 24.6 Å². The van der Waals surface area contributed by atoms with Gasteiger partial charge in [0.2, 0.25) is 5.13 Å². The summed E-state index contributed by atoms with van der Waals surface area (Å²) in [6.45, 7) is 2.27. The fourth-order valence-electron chi connectivity index (χ4n) is 2.07. The van der Waals surface area contributed by atoms with Crippen molar-refractivity contribution >= 4 is 22.7 Å². The largest absolute Gasteiger partial charge is 0.489 e. The number of nitrogens with one attached hydrogen (secondary N) is 1. The van der Waals surface area contributed by atoms with E-state index in [9.17, 15) is 4.39 Å². The molecule has 0 fully saturated rings. The molecule has 3 aromatic rings. The normalized spacial score (nSPS) is 10.9. The number of benzene rings is 2. The predicted octanol–water partition coefficient (Wildman–Crippen LogP) is 4.62. The summed E-state index contributed by atoms with van der Waals surface area (Å²) in [5.41, 5.74) is 5.76. The molecule has 1 N–H and O–H groups in total. The van der Waals surface area contributed by atoms with Crippen molar-refractivity contribution in [3.05, 3.63) is 76.5 Å². The Balaban J connectivity index is 1.66. The third-order valence-electron chi connectivity index (χ3n) is 3.23. The quantitative estimate of drug-likeness (QED) is 0.526. The number of anilines is 1. The topological polar surface area (TPSA) is 46.5 Å². The molecule has 0 amide bonds. The Kier molecular flexibility index (Phi) is 5.18. The van der Waals surface area contributed by atoms with Crippen LogP contribution in [0, 0.1) is 12.7 Å². The third-order valence-corrected chi connectivity index (χ3v) is 4.09. The Morgan fingerprint density at radius 1 is 1.25 bits per heavy atom. The van der Waals surface area contributed by atoms with Crippen molar-refractivity contribution in [2.24, 2.45) is 5.10 Å². The molecule has 0 spiro atoms. The average molecular weight is 341 g/mol. The molecule has 3 rings (SSSR count). The SMILES string of the molecule is Cc1csc(NN=Cc2ccccc2COc2cccc(F)c2)n1. The van der Waals surface area contributed by atoms with Crippen LogP contribution in [0.2, 0.25) is 0 Å². The molecule has 6 heteroatoms. The average Bonchev–Trinajstić information content (AvgIpc) is 2.99. The Bertz CT molecular complexity index is 848. The Morgan fingerprint density at radius 2 is 2.12 bits per heavy atom. The van der Waals surface area contributed by atoms with Gasteiger partial charge in [-0.15, -0.1) is 11.3 Å². The van der Waals surface area contributed by atoms with E-state index < -0.39 is 0 Å². The number of aromatic nitrogens is 1. The highest BCUT2D eigenvalue weighted by molar-refractivity contribution is 7.13. The Morgan fingerprint density at radius 3 is 2.92 bits per heavy atom. The molecule has 0 saturated heterocycles. The molecule has 0 aliphatic rings. The molecular formula is C18H16FN3OS. The number of hydrogen-bond acceptors (Lipinski definition) is 5. The van der Waals surface area contributed by atoms with Crippen LogP contribution in [0.15, 0.2) is 59.0 Å². The van der Waals surface area contributed by atoms with Crippen LogP contribution in [0.3, 0.4) is 0 Å². The molecule has 0 bridgehead atoms. The van der Waals surface area contributed by atoms with Gasteiger partial charge in [-0.25, -0.2) is 9.37 Å². The smallest absolute Gasteiger partial charge is 0.203 e. The van der Waals surface area contributed by atoms with E-state index in [2.05, 4.69) is 15.5 Å². The lowest BCUT2D eigenvalue weighted by molar-refractivity contribution is 0.304. The maximum absolute atomic E-state index is 13.2. The first kappa shape index (κ1) is 16.1. The first-order valence-electron chi connectivity index (χ1n) is 7.38. The summed E-state index contributed by atoms with van der Waals surface area (Å²) in [5, 5.41) is 6.92. The highest BCUT2D eigenvalue weighted by Crippen LogP contribution is 2.16. The minimum atomic E-state index is -0.315. The summed E-state index contributed by atoms with van der Waals surface area (Å²) < 4.78 is 18.8. The molecule has 24 heavy (non-hydrogen) atoms. The van der Waals surface area contributed by atoms with Gasteiger partial charge in [0.15, 0.2) is 0 Å². The molecular weight excluding hydrogens is 325 g/mol. The molecule has 0 unspecified atom stereocenters. The van der Waals surface area contributed by atoms with Gasteiger partial charge in [0.1, 0.15) is 18.2 Å². The van der Waals surface area contributed by atoms with Crippen molar-refractivity contribution in [2.75, 3.05) is 5.43 Å². The molecule has 0 saturated carbocycles. The fraction of sp³-hybridized carbons (Fsp3) is 0.111. The van der Waals surface area contributed by atoms with Crippen LogP contribution in [0.25, 0.3) is 0 Å². The van der Waals surface area contributed by atoms with Crippen molar-refractivity contribution in [3.8, 4) is 5.75 Å². The van der Waals surface area contributed by atoms with E-state index >= 15 is 0 Å². The zero-order chi connectivity index (χ0) is 16.8. The van der Waals surface area contributed by atoms with E-state index in [1.54, 1.807) is 18.3 Å². The molecule has 2 aromatic carbocycles. The number of ether oxygens (including phenoxy) is 1. The molecule has 0 aliphatic carbocycles. The number of aryl methyl sites for hydroxylation is 1. The second kappa shape index (κ2) is 7.70. The summed E-state index contributed by atoms with van der Waals surface area (Å²) in [6, 6.07) is 13.9. The maximum atomic E-state index is 13.2. The van der Waals surface area contributed by atoms with Crippen LogP contribution in [-0.4, -0.2) is 11.2 Å². The number of rotatable bonds is 6. The van der Waals surface area contributed by atoms with Gasteiger partial charge in [-0.3, -0.25) is 5.43 Å². The van der Waals surface area contributed by atoms with Crippen LogP contribution < -0.4 is 10.2 Å². The van der Waals surface area contributed by atoms with E-state index in [0.717, 1.165) is 22.0 Å². The minimum absolute atomic E-state index is 0.315. The zero-order valence-electron chi connectivity index (χ0n) is 13.1. The second-order valence-corrected chi connectivity index (χ2v) is 5.97. The second-order valence-electron chi connectivity index (χ2n) is 5.11. The zero-order valence-corrected chi connectivity index (χ0v) is 13.9. The monoisotopic (exact) mass is 341 g/mol. The fourth-order valence-corrected chi connectivity index (χ4v) is 2.71. The number of nitrogens with zero attached hydrogens (tertiary/aromatic N) is 2. The van der Waals surface area contributed by atoms with Gasteiger partial charge in [0, 0.05) is 17.0 Å². The van der Waals surface area contributed by atoms with E-state index in [4.69, 9.17) is 4.74 Å². The highest BCUT2D eigenvalue weighted by atomic mass is 32.1. The summed E-state index contributed by atoms with van der Waals surface area (Å²) >= 11 is 1.50. The number of hydrogen-bond donors (Lipinski definition) is 1.